The topological polar surface area (TPSA) is 47.9 Å². The molecule has 4 nitrogen and oxygen atoms in total. The molecule has 4 heteroatoms. The molecule has 1 aliphatic rings. The van der Waals surface area contributed by atoms with Crippen molar-refractivity contribution in [1.29, 1.82) is 0 Å². The summed E-state index contributed by atoms with van der Waals surface area (Å²) in [5, 5.41) is 0. The van der Waals surface area contributed by atoms with Gasteiger partial charge in [0.2, 0.25) is 0 Å². The summed E-state index contributed by atoms with van der Waals surface area (Å²) < 4.78 is 10.9. The van der Waals surface area contributed by atoms with Crippen molar-refractivity contribution < 1.29 is 14.3 Å². The first-order valence-corrected chi connectivity index (χ1v) is 6.82. The highest BCUT2D eigenvalue weighted by Crippen LogP contribution is 2.27. The molecule has 0 aromatic carbocycles. The third-order valence-corrected chi connectivity index (χ3v) is 2.97. The Balaban J connectivity index is 2.91. The van der Waals surface area contributed by atoms with Gasteiger partial charge in [-0.05, 0) is 34.1 Å². The van der Waals surface area contributed by atoms with E-state index in [-0.39, 0.29) is 23.5 Å². The molecule has 1 aliphatic heterocycles. The van der Waals surface area contributed by atoms with Gasteiger partial charge in [0.1, 0.15) is 5.92 Å². The quantitative estimate of drug-likeness (QED) is 0.710. The molecule has 0 radical (unpaired) electrons. The monoisotopic (exact) mass is 255 g/mol. The molecule has 0 bridgehead atoms. The van der Waals surface area contributed by atoms with Gasteiger partial charge in [0.15, 0.2) is 5.90 Å². The van der Waals surface area contributed by atoms with Gasteiger partial charge >= 0.3 is 5.97 Å². The standard InChI is InChI=1S/C14H25NO3/c1-6-8-11(13(16)17-7-2)12-15-14(4,5)9-10(3)18-12/h10-11H,6-9H2,1-5H3. The molecule has 0 N–H and O–H groups in total. The van der Waals surface area contributed by atoms with E-state index in [1.54, 1.807) is 0 Å². The van der Waals surface area contributed by atoms with Crippen LogP contribution in [0.1, 0.15) is 53.9 Å². The molecular weight excluding hydrogens is 230 g/mol. The summed E-state index contributed by atoms with van der Waals surface area (Å²) in [6.07, 6.45) is 2.60. The Hall–Kier alpha value is -1.06. The zero-order valence-corrected chi connectivity index (χ0v) is 12.2. The highest BCUT2D eigenvalue weighted by Gasteiger charge is 2.35. The third kappa shape index (κ3) is 4.00. The third-order valence-electron chi connectivity index (χ3n) is 2.97. The number of carbonyl (C=O) groups is 1. The van der Waals surface area contributed by atoms with Crippen LogP contribution in [0.2, 0.25) is 0 Å². The lowest BCUT2D eigenvalue weighted by atomic mass is 9.94. The number of nitrogens with zero attached hydrogens (tertiary/aromatic N) is 1. The molecule has 0 aliphatic carbocycles. The second kappa shape index (κ2) is 6.21. The average Bonchev–Trinajstić information content (AvgIpc) is 2.23. The predicted molar refractivity (Wildman–Crippen MR) is 71.7 cm³/mol. The van der Waals surface area contributed by atoms with Crippen molar-refractivity contribution in [3.05, 3.63) is 0 Å². The zero-order valence-electron chi connectivity index (χ0n) is 12.2. The summed E-state index contributed by atoms with van der Waals surface area (Å²) in [5.41, 5.74) is -0.161. The van der Waals surface area contributed by atoms with Crippen LogP contribution >= 0.6 is 0 Å². The number of ether oxygens (including phenoxy) is 2. The van der Waals surface area contributed by atoms with E-state index < -0.39 is 0 Å². The number of hydrogen-bond donors (Lipinski definition) is 0. The fourth-order valence-electron chi connectivity index (χ4n) is 2.36. The van der Waals surface area contributed by atoms with E-state index in [1.165, 1.54) is 0 Å². The van der Waals surface area contributed by atoms with Crippen LogP contribution in [0.25, 0.3) is 0 Å². The predicted octanol–water partition coefficient (Wildman–Crippen LogP) is 2.95. The van der Waals surface area contributed by atoms with Crippen LogP contribution in [0.4, 0.5) is 0 Å². The number of esters is 1. The smallest absolute Gasteiger partial charge is 0.318 e. The van der Waals surface area contributed by atoms with Crippen LogP contribution in [-0.4, -0.2) is 30.1 Å². The summed E-state index contributed by atoms with van der Waals surface area (Å²) >= 11 is 0. The lowest BCUT2D eigenvalue weighted by molar-refractivity contribution is -0.146. The highest BCUT2D eigenvalue weighted by atomic mass is 16.5. The van der Waals surface area contributed by atoms with Gasteiger partial charge < -0.3 is 9.47 Å². The molecular formula is C14H25NO3. The minimum absolute atomic E-state index is 0.0984. The fourth-order valence-corrected chi connectivity index (χ4v) is 2.36. The maximum atomic E-state index is 12.0. The van der Waals surface area contributed by atoms with Crippen molar-refractivity contribution >= 4 is 11.9 Å². The van der Waals surface area contributed by atoms with Crippen molar-refractivity contribution in [3.8, 4) is 0 Å². The lowest BCUT2D eigenvalue weighted by Crippen LogP contribution is -2.39. The molecule has 18 heavy (non-hydrogen) atoms. The van der Waals surface area contributed by atoms with E-state index in [4.69, 9.17) is 9.47 Å². The van der Waals surface area contributed by atoms with Gasteiger partial charge in [-0.3, -0.25) is 4.79 Å². The van der Waals surface area contributed by atoms with Gasteiger partial charge in [0.25, 0.3) is 0 Å². The number of hydrogen-bond acceptors (Lipinski definition) is 4. The normalized spacial score (nSPS) is 23.8. The highest BCUT2D eigenvalue weighted by molar-refractivity contribution is 5.98. The molecule has 0 fully saturated rings. The molecule has 1 rings (SSSR count). The number of aliphatic imine (C=N–C) groups is 1. The molecule has 0 spiro atoms. The Morgan fingerprint density at radius 3 is 2.72 bits per heavy atom. The first-order valence-electron chi connectivity index (χ1n) is 6.82. The van der Waals surface area contributed by atoms with Crippen molar-refractivity contribution in [2.45, 2.75) is 65.5 Å². The summed E-state index contributed by atoms with van der Waals surface area (Å²) in [6.45, 7) is 10.4. The largest absolute Gasteiger partial charge is 0.477 e. The van der Waals surface area contributed by atoms with E-state index in [0.29, 0.717) is 12.5 Å². The summed E-state index contributed by atoms with van der Waals surface area (Å²) in [4.78, 5) is 16.5. The van der Waals surface area contributed by atoms with Crippen LogP contribution < -0.4 is 0 Å². The van der Waals surface area contributed by atoms with Gasteiger partial charge in [0, 0.05) is 6.42 Å². The van der Waals surface area contributed by atoms with Crippen molar-refractivity contribution in [1.82, 2.24) is 0 Å². The Kier molecular flexibility index (Phi) is 5.17. The molecule has 0 saturated heterocycles. The van der Waals surface area contributed by atoms with Gasteiger partial charge in [-0.25, -0.2) is 4.99 Å². The Bertz CT molecular complexity index is 323. The van der Waals surface area contributed by atoms with E-state index >= 15 is 0 Å². The van der Waals surface area contributed by atoms with Crippen LogP contribution in [0.5, 0.6) is 0 Å². The van der Waals surface area contributed by atoms with Gasteiger partial charge in [-0.2, -0.15) is 0 Å². The molecule has 0 aromatic heterocycles. The maximum Gasteiger partial charge on any atom is 0.318 e. The average molecular weight is 255 g/mol. The van der Waals surface area contributed by atoms with Gasteiger partial charge in [0.05, 0.1) is 18.2 Å². The van der Waals surface area contributed by atoms with Crippen molar-refractivity contribution in [3.63, 3.8) is 0 Å². The molecule has 1 heterocycles. The van der Waals surface area contributed by atoms with Crippen LogP contribution in [0, 0.1) is 5.92 Å². The van der Waals surface area contributed by atoms with Gasteiger partial charge in [-0.1, -0.05) is 13.3 Å². The molecule has 0 aromatic rings. The first-order chi connectivity index (χ1) is 8.39. The van der Waals surface area contributed by atoms with Crippen molar-refractivity contribution in [2.75, 3.05) is 6.61 Å². The second-order valence-corrected chi connectivity index (χ2v) is 5.49. The van der Waals surface area contributed by atoms with Crippen LogP contribution in [0.15, 0.2) is 4.99 Å². The minimum Gasteiger partial charge on any atom is -0.477 e. The van der Waals surface area contributed by atoms with E-state index in [1.807, 2.05) is 20.8 Å². The Morgan fingerprint density at radius 2 is 2.22 bits per heavy atom. The van der Waals surface area contributed by atoms with Crippen LogP contribution in [0.3, 0.4) is 0 Å². The Morgan fingerprint density at radius 1 is 1.56 bits per heavy atom. The molecule has 2 unspecified atom stereocenters. The fraction of sp³-hybridized carbons (Fsp3) is 0.857. The first kappa shape index (κ1) is 15.0. The summed E-state index contributed by atoms with van der Waals surface area (Å²) in [5.74, 6) is -0.0148. The summed E-state index contributed by atoms with van der Waals surface area (Å²) in [7, 11) is 0. The second-order valence-electron chi connectivity index (χ2n) is 5.49. The lowest BCUT2D eigenvalue weighted by Gasteiger charge is -2.33. The van der Waals surface area contributed by atoms with E-state index in [0.717, 1.165) is 19.3 Å². The maximum absolute atomic E-state index is 12.0. The molecule has 104 valence electrons. The van der Waals surface area contributed by atoms with E-state index in [2.05, 4.69) is 18.8 Å². The molecule has 0 saturated carbocycles. The Labute approximate surface area is 110 Å². The number of carbonyl (C=O) groups excluding carboxylic acids is 1. The van der Waals surface area contributed by atoms with E-state index in [9.17, 15) is 4.79 Å². The zero-order chi connectivity index (χ0) is 13.8. The van der Waals surface area contributed by atoms with Crippen LogP contribution in [-0.2, 0) is 14.3 Å². The van der Waals surface area contributed by atoms with Gasteiger partial charge in [-0.15, -0.1) is 0 Å². The SMILES string of the molecule is CCCC(C(=O)OCC)C1=NC(C)(C)CC(C)O1. The number of rotatable bonds is 5. The van der Waals surface area contributed by atoms with Crippen molar-refractivity contribution in [2.24, 2.45) is 10.9 Å². The molecule has 0 amide bonds. The summed E-state index contributed by atoms with van der Waals surface area (Å²) in [6, 6.07) is 0. The molecule has 2 atom stereocenters. The minimum atomic E-state index is -0.350.